The predicted octanol–water partition coefficient (Wildman–Crippen LogP) is 3.34. The van der Waals surface area contributed by atoms with Crippen molar-refractivity contribution in [3.63, 3.8) is 0 Å². The van der Waals surface area contributed by atoms with E-state index in [1.165, 1.54) is 25.7 Å². The molecule has 1 atom stereocenters. The molecule has 0 unspecified atom stereocenters. The van der Waals surface area contributed by atoms with E-state index >= 15 is 0 Å². The molecule has 1 aliphatic rings. The lowest BCUT2D eigenvalue weighted by atomic mass is 9.92. The molecule has 15 heavy (non-hydrogen) atoms. The highest BCUT2D eigenvalue weighted by Crippen LogP contribution is 2.37. The lowest BCUT2D eigenvalue weighted by molar-refractivity contribution is 0.412. The van der Waals surface area contributed by atoms with Gasteiger partial charge in [-0.15, -0.1) is 0 Å². The van der Waals surface area contributed by atoms with Gasteiger partial charge in [-0.1, -0.05) is 28.8 Å². The Hall–Kier alpha value is -0.540. The summed E-state index contributed by atoms with van der Waals surface area (Å²) < 4.78 is 0.976. The number of halogens is 1. The zero-order valence-electron chi connectivity index (χ0n) is 8.62. The maximum Gasteiger partial charge on any atom is 0.120 e. The van der Waals surface area contributed by atoms with Crippen LogP contribution in [0, 0.1) is 5.92 Å². The van der Waals surface area contributed by atoms with E-state index < -0.39 is 0 Å². The van der Waals surface area contributed by atoms with Gasteiger partial charge in [0.1, 0.15) is 5.75 Å². The van der Waals surface area contributed by atoms with Crippen molar-refractivity contribution in [3.05, 3.63) is 28.2 Å². The molecule has 0 spiro atoms. The topological polar surface area (TPSA) is 46.2 Å². The van der Waals surface area contributed by atoms with Crippen molar-refractivity contribution in [3.8, 4) is 5.75 Å². The molecule has 0 radical (unpaired) electrons. The van der Waals surface area contributed by atoms with Crippen LogP contribution < -0.4 is 5.73 Å². The highest BCUT2D eigenvalue weighted by molar-refractivity contribution is 9.10. The van der Waals surface area contributed by atoms with Gasteiger partial charge in [-0.25, -0.2) is 0 Å². The van der Waals surface area contributed by atoms with Crippen LogP contribution in [-0.2, 0) is 0 Å². The van der Waals surface area contributed by atoms with E-state index in [0.717, 1.165) is 10.0 Å². The average Bonchev–Trinajstić information content (AvgIpc) is 2.74. The molecule has 0 aliphatic heterocycles. The number of phenols is 1. The minimum atomic E-state index is -0.0231. The second-order valence-electron chi connectivity index (χ2n) is 4.27. The van der Waals surface area contributed by atoms with Crippen LogP contribution in [0.25, 0.3) is 0 Å². The second kappa shape index (κ2) is 4.54. The standard InChI is InChI=1S/C12H16BrNO/c13-9-5-6-11(15)10(7-9)12(14)8-3-1-2-4-8/h5-8,12,15H,1-4,14H2/t12-/m1/s1. The number of hydrogen-bond acceptors (Lipinski definition) is 2. The lowest BCUT2D eigenvalue weighted by Gasteiger charge is -2.20. The summed E-state index contributed by atoms with van der Waals surface area (Å²) in [6.45, 7) is 0. The first-order valence-corrected chi connectivity index (χ1v) is 6.22. The molecule has 0 saturated heterocycles. The summed E-state index contributed by atoms with van der Waals surface area (Å²) in [6, 6.07) is 5.44. The molecule has 82 valence electrons. The van der Waals surface area contributed by atoms with Crippen molar-refractivity contribution >= 4 is 15.9 Å². The van der Waals surface area contributed by atoms with Gasteiger partial charge in [0.15, 0.2) is 0 Å². The number of benzene rings is 1. The highest BCUT2D eigenvalue weighted by atomic mass is 79.9. The van der Waals surface area contributed by atoms with Crippen LogP contribution in [0.15, 0.2) is 22.7 Å². The number of phenolic OH excluding ortho intramolecular Hbond substituents is 1. The molecule has 0 bridgehead atoms. The van der Waals surface area contributed by atoms with Gasteiger partial charge < -0.3 is 10.8 Å². The number of hydrogen-bond donors (Lipinski definition) is 2. The molecule has 1 aromatic rings. The molecule has 1 aromatic carbocycles. The zero-order valence-corrected chi connectivity index (χ0v) is 10.2. The summed E-state index contributed by atoms with van der Waals surface area (Å²) >= 11 is 3.41. The molecule has 1 fully saturated rings. The van der Waals surface area contributed by atoms with Crippen LogP contribution in [0.1, 0.15) is 37.3 Å². The minimum absolute atomic E-state index is 0.0231. The average molecular weight is 270 g/mol. The summed E-state index contributed by atoms with van der Waals surface area (Å²) in [4.78, 5) is 0. The summed E-state index contributed by atoms with van der Waals surface area (Å²) in [5.74, 6) is 0.850. The van der Waals surface area contributed by atoms with Gasteiger partial charge in [0, 0.05) is 16.1 Å². The van der Waals surface area contributed by atoms with Gasteiger partial charge in [-0.2, -0.15) is 0 Å². The van der Waals surface area contributed by atoms with Gasteiger partial charge in [-0.3, -0.25) is 0 Å². The molecule has 0 heterocycles. The van der Waals surface area contributed by atoms with E-state index in [9.17, 15) is 5.11 Å². The molecule has 0 aromatic heterocycles. The Kier molecular flexibility index (Phi) is 3.32. The molecule has 0 amide bonds. The van der Waals surface area contributed by atoms with E-state index in [1.54, 1.807) is 6.07 Å². The fourth-order valence-electron chi connectivity index (χ4n) is 2.36. The summed E-state index contributed by atoms with van der Waals surface area (Å²) in [7, 11) is 0. The summed E-state index contributed by atoms with van der Waals surface area (Å²) in [5, 5.41) is 9.76. The summed E-state index contributed by atoms with van der Waals surface area (Å²) in [6.07, 6.45) is 4.92. The molecular formula is C12H16BrNO. The Morgan fingerprint density at radius 1 is 1.33 bits per heavy atom. The van der Waals surface area contributed by atoms with Gasteiger partial charge in [0.05, 0.1) is 0 Å². The second-order valence-corrected chi connectivity index (χ2v) is 5.19. The largest absolute Gasteiger partial charge is 0.508 e. The third-order valence-electron chi connectivity index (χ3n) is 3.26. The third-order valence-corrected chi connectivity index (χ3v) is 3.75. The molecule has 1 aliphatic carbocycles. The quantitative estimate of drug-likeness (QED) is 0.865. The van der Waals surface area contributed by atoms with Gasteiger partial charge in [0.2, 0.25) is 0 Å². The fourth-order valence-corrected chi connectivity index (χ4v) is 2.74. The number of nitrogens with two attached hydrogens (primary N) is 1. The van der Waals surface area contributed by atoms with Crippen molar-refractivity contribution < 1.29 is 5.11 Å². The normalized spacial score (nSPS) is 19.3. The van der Waals surface area contributed by atoms with Crippen LogP contribution in [0.2, 0.25) is 0 Å². The van der Waals surface area contributed by atoms with E-state index in [2.05, 4.69) is 15.9 Å². The lowest BCUT2D eigenvalue weighted by Crippen LogP contribution is -2.19. The minimum Gasteiger partial charge on any atom is -0.508 e. The van der Waals surface area contributed by atoms with Gasteiger partial charge >= 0.3 is 0 Å². The van der Waals surface area contributed by atoms with Crippen molar-refractivity contribution in [2.24, 2.45) is 11.7 Å². The van der Waals surface area contributed by atoms with Crippen molar-refractivity contribution in [1.29, 1.82) is 0 Å². The van der Waals surface area contributed by atoms with Crippen LogP contribution >= 0.6 is 15.9 Å². The van der Waals surface area contributed by atoms with Crippen LogP contribution in [0.4, 0.5) is 0 Å². The zero-order chi connectivity index (χ0) is 10.8. The van der Waals surface area contributed by atoms with Crippen LogP contribution in [-0.4, -0.2) is 5.11 Å². The fraction of sp³-hybridized carbons (Fsp3) is 0.500. The van der Waals surface area contributed by atoms with Crippen molar-refractivity contribution in [2.45, 2.75) is 31.7 Å². The predicted molar refractivity (Wildman–Crippen MR) is 64.7 cm³/mol. The van der Waals surface area contributed by atoms with E-state index in [-0.39, 0.29) is 6.04 Å². The molecule has 2 rings (SSSR count). The van der Waals surface area contributed by atoms with Crippen molar-refractivity contribution in [1.82, 2.24) is 0 Å². The number of aromatic hydroxyl groups is 1. The Bertz CT molecular complexity index is 347. The monoisotopic (exact) mass is 269 g/mol. The molecule has 2 nitrogen and oxygen atoms in total. The SMILES string of the molecule is N[C@@H](c1cc(Br)ccc1O)C1CCCC1. The number of rotatable bonds is 2. The van der Waals surface area contributed by atoms with Crippen LogP contribution in [0.3, 0.4) is 0 Å². The Balaban J connectivity index is 2.23. The smallest absolute Gasteiger partial charge is 0.120 e. The molecule has 3 N–H and O–H groups in total. The Labute approximate surface area is 98.6 Å². The maximum absolute atomic E-state index is 9.76. The van der Waals surface area contributed by atoms with Gasteiger partial charge in [0.25, 0.3) is 0 Å². The molecule has 3 heteroatoms. The first-order valence-electron chi connectivity index (χ1n) is 5.42. The van der Waals surface area contributed by atoms with Crippen LogP contribution in [0.5, 0.6) is 5.75 Å². The highest BCUT2D eigenvalue weighted by Gasteiger charge is 2.25. The third kappa shape index (κ3) is 2.34. The van der Waals surface area contributed by atoms with E-state index in [4.69, 9.17) is 5.73 Å². The van der Waals surface area contributed by atoms with Gasteiger partial charge in [-0.05, 0) is 37.0 Å². The first kappa shape index (κ1) is 11.0. The van der Waals surface area contributed by atoms with E-state index in [0.29, 0.717) is 11.7 Å². The molecular weight excluding hydrogens is 254 g/mol. The Morgan fingerprint density at radius 3 is 2.67 bits per heavy atom. The maximum atomic E-state index is 9.76. The van der Waals surface area contributed by atoms with Crippen molar-refractivity contribution in [2.75, 3.05) is 0 Å². The molecule has 1 saturated carbocycles. The first-order chi connectivity index (χ1) is 7.18. The summed E-state index contributed by atoms with van der Waals surface area (Å²) in [5.41, 5.74) is 7.06. The van der Waals surface area contributed by atoms with E-state index in [1.807, 2.05) is 12.1 Å². The Morgan fingerprint density at radius 2 is 2.00 bits per heavy atom.